The number of rotatable bonds is 4. The summed E-state index contributed by atoms with van der Waals surface area (Å²) in [6.07, 6.45) is 8.11. The summed E-state index contributed by atoms with van der Waals surface area (Å²) < 4.78 is 11.3. The summed E-state index contributed by atoms with van der Waals surface area (Å²) in [6, 6.07) is 7.40. The van der Waals surface area contributed by atoms with Crippen LogP contribution in [0.4, 0.5) is 5.69 Å². The SMILES string of the molecule is COC(=O)C1=C(C(=O)OC)N(c2ccc(-c3nn4cnnc4s3)cc2)C=CC=C1. The second kappa shape index (κ2) is 7.68. The maximum absolute atomic E-state index is 12.5. The van der Waals surface area contributed by atoms with Crippen LogP contribution < -0.4 is 4.90 Å². The van der Waals surface area contributed by atoms with E-state index in [1.165, 1.54) is 31.6 Å². The zero-order valence-electron chi connectivity index (χ0n) is 15.5. The standard InChI is InChI=1S/C19H15N5O4S/c1-27-17(25)14-5-3-4-10-23(15(14)18(26)28-2)13-8-6-12(7-9-13)16-22-24-11-20-21-19(24)29-16/h3-11H,1-2H3. The van der Waals surface area contributed by atoms with Crippen LogP contribution in [0.1, 0.15) is 0 Å². The molecule has 0 unspecified atom stereocenters. The maximum atomic E-state index is 12.5. The van der Waals surface area contributed by atoms with Crippen molar-refractivity contribution in [1.82, 2.24) is 19.8 Å². The molecule has 0 bridgehead atoms. The van der Waals surface area contributed by atoms with E-state index < -0.39 is 11.9 Å². The van der Waals surface area contributed by atoms with E-state index in [4.69, 9.17) is 9.47 Å². The lowest BCUT2D eigenvalue weighted by atomic mass is 10.1. The Morgan fingerprint density at radius 2 is 1.79 bits per heavy atom. The van der Waals surface area contributed by atoms with E-state index in [9.17, 15) is 9.59 Å². The third kappa shape index (κ3) is 3.41. The highest BCUT2D eigenvalue weighted by atomic mass is 32.1. The molecule has 0 saturated heterocycles. The molecular weight excluding hydrogens is 394 g/mol. The highest BCUT2D eigenvalue weighted by Gasteiger charge is 2.27. The highest BCUT2D eigenvalue weighted by Crippen LogP contribution is 2.30. The first kappa shape index (κ1) is 18.6. The molecule has 3 aromatic rings. The number of anilines is 1. The molecule has 29 heavy (non-hydrogen) atoms. The lowest BCUT2D eigenvalue weighted by Crippen LogP contribution is -2.26. The smallest absolute Gasteiger partial charge is 0.355 e. The van der Waals surface area contributed by atoms with Crippen molar-refractivity contribution in [2.45, 2.75) is 0 Å². The number of carbonyl (C=O) groups excluding carboxylic acids is 2. The molecule has 1 aliphatic rings. The van der Waals surface area contributed by atoms with Crippen molar-refractivity contribution in [3.05, 3.63) is 66.3 Å². The van der Waals surface area contributed by atoms with Gasteiger partial charge in [0.25, 0.3) is 0 Å². The largest absolute Gasteiger partial charge is 0.465 e. The summed E-state index contributed by atoms with van der Waals surface area (Å²) >= 11 is 1.41. The van der Waals surface area contributed by atoms with E-state index in [0.29, 0.717) is 10.6 Å². The number of fused-ring (bicyclic) bond motifs is 1. The second-order valence-electron chi connectivity index (χ2n) is 5.83. The van der Waals surface area contributed by atoms with Crippen molar-refractivity contribution in [2.75, 3.05) is 19.1 Å². The molecule has 1 aliphatic heterocycles. The van der Waals surface area contributed by atoms with E-state index in [2.05, 4.69) is 15.3 Å². The summed E-state index contributed by atoms with van der Waals surface area (Å²) in [5, 5.41) is 13.0. The Morgan fingerprint density at radius 3 is 2.48 bits per heavy atom. The molecule has 2 aromatic heterocycles. The number of esters is 2. The average Bonchev–Trinajstić information content (AvgIpc) is 3.28. The predicted octanol–water partition coefficient (Wildman–Crippen LogP) is 2.34. The molecule has 10 heteroatoms. The molecular formula is C19H15N5O4S. The van der Waals surface area contributed by atoms with Gasteiger partial charge < -0.3 is 14.4 Å². The van der Waals surface area contributed by atoms with Crippen LogP contribution >= 0.6 is 11.3 Å². The zero-order chi connectivity index (χ0) is 20.4. The second-order valence-corrected chi connectivity index (χ2v) is 6.78. The number of allylic oxidation sites excluding steroid dienone is 2. The van der Waals surface area contributed by atoms with Crippen molar-refractivity contribution >= 4 is 33.9 Å². The minimum atomic E-state index is -0.653. The molecule has 0 radical (unpaired) electrons. The Morgan fingerprint density at radius 1 is 1.03 bits per heavy atom. The van der Waals surface area contributed by atoms with Gasteiger partial charge in [0.2, 0.25) is 4.96 Å². The zero-order valence-corrected chi connectivity index (χ0v) is 16.3. The predicted molar refractivity (Wildman–Crippen MR) is 106 cm³/mol. The number of carbonyl (C=O) groups is 2. The summed E-state index contributed by atoms with van der Waals surface area (Å²) in [7, 11) is 2.52. The summed E-state index contributed by atoms with van der Waals surface area (Å²) in [4.78, 5) is 27.0. The van der Waals surface area contributed by atoms with Gasteiger partial charge in [0, 0.05) is 17.5 Å². The fourth-order valence-electron chi connectivity index (χ4n) is 2.81. The summed E-state index contributed by atoms with van der Waals surface area (Å²) in [5.41, 5.74) is 1.72. The van der Waals surface area contributed by atoms with Gasteiger partial charge in [0.05, 0.1) is 19.8 Å². The highest BCUT2D eigenvalue weighted by molar-refractivity contribution is 7.19. The minimum Gasteiger partial charge on any atom is -0.465 e. The van der Waals surface area contributed by atoms with Gasteiger partial charge in [-0.25, -0.2) is 9.59 Å². The molecule has 9 nitrogen and oxygen atoms in total. The lowest BCUT2D eigenvalue weighted by molar-refractivity contribution is -0.139. The Bertz CT molecular complexity index is 1140. The van der Waals surface area contributed by atoms with Gasteiger partial charge in [-0.1, -0.05) is 17.4 Å². The fraction of sp³-hybridized carbons (Fsp3) is 0.105. The van der Waals surface area contributed by atoms with Crippen LogP contribution in [-0.2, 0) is 19.1 Å². The van der Waals surface area contributed by atoms with Crippen LogP contribution in [0.15, 0.2) is 66.3 Å². The number of methoxy groups -OCH3 is 2. The Balaban J connectivity index is 1.74. The summed E-state index contributed by atoms with van der Waals surface area (Å²) in [5.74, 6) is -1.29. The van der Waals surface area contributed by atoms with Gasteiger partial charge in [0.1, 0.15) is 17.0 Å². The van der Waals surface area contributed by atoms with Gasteiger partial charge >= 0.3 is 11.9 Å². The van der Waals surface area contributed by atoms with Gasteiger partial charge in [0.15, 0.2) is 0 Å². The first-order valence-corrected chi connectivity index (χ1v) is 9.26. The van der Waals surface area contributed by atoms with Crippen LogP contribution in [0.2, 0.25) is 0 Å². The molecule has 1 aromatic carbocycles. The van der Waals surface area contributed by atoms with Crippen molar-refractivity contribution in [3.63, 3.8) is 0 Å². The third-order valence-electron chi connectivity index (χ3n) is 4.17. The molecule has 0 N–H and O–H groups in total. The van der Waals surface area contributed by atoms with Crippen LogP contribution in [-0.4, -0.2) is 46.0 Å². The molecule has 0 aliphatic carbocycles. The van der Waals surface area contributed by atoms with Crippen molar-refractivity contribution in [3.8, 4) is 10.6 Å². The molecule has 146 valence electrons. The van der Waals surface area contributed by atoms with Gasteiger partial charge in [-0.05, 0) is 36.4 Å². The molecule has 0 saturated carbocycles. The van der Waals surface area contributed by atoms with Gasteiger partial charge in [-0.2, -0.15) is 9.61 Å². The van der Waals surface area contributed by atoms with Crippen molar-refractivity contribution in [1.29, 1.82) is 0 Å². The first-order valence-electron chi connectivity index (χ1n) is 8.44. The Kier molecular flexibility index (Phi) is 4.92. The number of hydrogen-bond acceptors (Lipinski definition) is 9. The van der Waals surface area contributed by atoms with E-state index in [-0.39, 0.29) is 11.3 Å². The molecule has 0 spiro atoms. The van der Waals surface area contributed by atoms with Gasteiger partial charge in [-0.3, -0.25) is 0 Å². The van der Waals surface area contributed by atoms with Crippen molar-refractivity contribution < 1.29 is 19.1 Å². The lowest BCUT2D eigenvalue weighted by Gasteiger charge is -2.23. The van der Waals surface area contributed by atoms with Crippen LogP contribution in [0.25, 0.3) is 15.5 Å². The Hall–Kier alpha value is -3.79. The quantitative estimate of drug-likeness (QED) is 0.606. The monoisotopic (exact) mass is 409 g/mol. The molecule has 4 rings (SSSR count). The number of aromatic nitrogens is 4. The van der Waals surface area contributed by atoms with Crippen LogP contribution in [0, 0.1) is 0 Å². The number of ether oxygens (including phenoxy) is 2. The third-order valence-corrected chi connectivity index (χ3v) is 5.13. The first-order chi connectivity index (χ1) is 14.1. The number of nitrogens with zero attached hydrogens (tertiary/aromatic N) is 5. The number of hydrogen-bond donors (Lipinski definition) is 0. The van der Waals surface area contributed by atoms with E-state index in [1.807, 2.05) is 24.3 Å². The number of benzene rings is 1. The molecule has 0 fully saturated rings. The van der Waals surface area contributed by atoms with Crippen LogP contribution in [0.5, 0.6) is 0 Å². The maximum Gasteiger partial charge on any atom is 0.355 e. The van der Waals surface area contributed by atoms with E-state index in [0.717, 1.165) is 10.6 Å². The normalized spacial score (nSPS) is 13.7. The van der Waals surface area contributed by atoms with E-state index in [1.54, 1.807) is 34.1 Å². The van der Waals surface area contributed by atoms with E-state index >= 15 is 0 Å². The Labute approximate surface area is 169 Å². The average molecular weight is 409 g/mol. The van der Waals surface area contributed by atoms with Crippen molar-refractivity contribution in [2.24, 2.45) is 0 Å². The topological polar surface area (TPSA) is 98.9 Å². The molecule has 3 heterocycles. The van der Waals surface area contributed by atoms with Gasteiger partial charge in [-0.15, -0.1) is 10.2 Å². The fourth-order valence-corrected chi connectivity index (χ4v) is 3.63. The van der Waals surface area contributed by atoms with Crippen LogP contribution in [0.3, 0.4) is 0 Å². The minimum absolute atomic E-state index is 0.0656. The summed E-state index contributed by atoms with van der Waals surface area (Å²) in [6.45, 7) is 0. The molecule has 0 atom stereocenters. The molecule has 0 amide bonds.